The molecule has 47 heavy (non-hydrogen) atoms. The summed E-state index contributed by atoms with van der Waals surface area (Å²) in [6.45, 7) is 8.46. The number of unbranched alkanes of at least 4 members (excludes halogenated alkanes) is 10. The van der Waals surface area contributed by atoms with Gasteiger partial charge in [0, 0.05) is 12.7 Å². The van der Waals surface area contributed by atoms with E-state index in [2.05, 4.69) is 13.5 Å². The minimum Gasteiger partial charge on any atom is -0.494 e. The lowest BCUT2D eigenvalue weighted by atomic mass is 10.1. The summed E-state index contributed by atoms with van der Waals surface area (Å²) in [5.41, 5.74) is 2.49. The van der Waals surface area contributed by atoms with E-state index in [9.17, 15) is 9.59 Å². The predicted molar refractivity (Wildman–Crippen MR) is 186 cm³/mol. The van der Waals surface area contributed by atoms with E-state index in [0.29, 0.717) is 31.1 Å². The summed E-state index contributed by atoms with van der Waals surface area (Å²) < 4.78 is 28.1. The minimum atomic E-state index is -0.398. The highest BCUT2D eigenvalue weighted by atomic mass is 16.5. The maximum atomic E-state index is 12.7. The molecular formula is C40H52O7. The third-order valence-electron chi connectivity index (χ3n) is 7.68. The number of ether oxygens (including phenoxy) is 5. The maximum absolute atomic E-state index is 12.7. The van der Waals surface area contributed by atoms with Gasteiger partial charge in [-0.3, -0.25) is 0 Å². The molecule has 7 heteroatoms. The van der Waals surface area contributed by atoms with Gasteiger partial charge in [0.05, 0.1) is 25.4 Å². The Morgan fingerprint density at radius 3 is 1.72 bits per heavy atom. The summed E-state index contributed by atoms with van der Waals surface area (Å²) in [5.74, 6) is 1.37. The van der Waals surface area contributed by atoms with Crippen molar-refractivity contribution in [3.8, 4) is 17.2 Å². The van der Waals surface area contributed by atoms with E-state index in [1.165, 1.54) is 51.0 Å². The van der Waals surface area contributed by atoms with Crippen LogP contribution in [0.15, 0.2) is 85.5 Å². The summed E-state index contributed by atoms with van der Waals surface area (Å²) in [6.07, 6.45) is 14.9. The molecule has 0 radical (unpaired) electrons. The van der Waals surface area contributed by atoms with Crippen LogP contribution in [0.3, 0.4) is 0 Å². The van der Waals surface area contributed by atoms with Crippen LogP contribution >= 0.6 is 0 Å². The highest BCUT2D eigenvalue weighted by Crippen LogP contribution is 2.21. The fourth-order valence-electron chi connectivity index (χ4n) is 4.86. The van der Waals surface area contributed by atoms with Gasteiger partial charge in [0.25, 0.3) is 0 Å². The Morgan fingerprint density at radius 2 is 1.09 bits per heavy atom. The van der Waals surface area contributed by atoms with Crippen LogP contribution in [0.2, 0.25) is 0 Å². The van der Waals surface area contributed by atoms with Crippen LogP contribution in [0, 0.1) is 0 Å². The molecule has 0 spiro atoms. The molecule has 0 heterocycles. The maximum Gasteiger partial charge on any atom is 0.343 e. The van der Waals surface area contributed by atoms with Crippen molar-refractivity contribution < 1.29 is 33.3 Å². The first-order valence-electron chi connectivity index (χ1n) is 17.2. The van der Waals surface area contributed by atoms with Gasteiger partial charge in [0.15, 0.2) is 0 Å². The fourth-order valence-corrected chi connectivity index (χ4v) is 4.86. The molecule has 0 N–H and O–H groups in total. The summed E-state index contributed by atoms with van der Waals surface area (Å²) in [4.78, 5) is 23.6. The van der Waals surface area contributed by atoms with E-state index in [0.717, 1.165) is 67.9 Å². The van der Waals surface area contributed by atoms with Crippen molar-refractivity contribution >= 4 is 11.9 Å². The molecule has 0 saturated heterocycles. The molecule has 0 fully saturated rings. The minimum absolute atomic E-state index is 0.345. The van der Waals surface area contributed by atoms with Gasteiger partial charge in [-0.15, -0.1) is 0 Å². The fraction of sp³-hybridized carbons (Fsp3) is 0.450. The zero-order valence-corrected chi connectivity index (χ0v) is 28.1. The number of esters is 2. The summed E-state index contributed by atoms with van der Waals surface area (Å²) >= 11 is 0. The number of benzene rings is 3. The number of carbonyl (C=O) groups is 2. The monoisotopic (exact) mass is 644 g/mol. The molecule has 0 amide bonds. The zero-order chi connectivity index (χ0) is 33.4. The van der Waals surface area contributed by atoms with Gasteiger partial charge < -0.3 is 23.7 Å². The van der Waals surface area contributed by atoms with Crippen LogP contribution in [0.4, 0.5) is 0 Å². The molecule has 3 aromatic rings. The largest absolute Gasteiger partial charge is 0.494 e. The molecule has 0 aliphatic heterocycles. The zero-order valence-electron chi connectivity index (χ0n) is 28.1. The third kappa shape index (κ3) is 16.3. The van der Waals surface area contributed by atoms with E-state index in [4.69, 9.17) is 23.7 Å². The van der Waals surface area contributed by atoms with Crippen molar-refractivity contribution in [3.63, 3.8) is 0 Å². The van der Waals surface area contributed by atoms with Crippen molar-refractivity contribution in [3.05, 3.63) is 102 Å². The molecule has 0 unspecified atom stereocenters. The second kappa shape index (κ2) is 23.3. The number of hydrogen-bond donors (Lipinski definition) is 0. The molecule has 0 bridgehead atoms. The lowest BCUT2D eigenvalue weighted by Crippen LogP contribution is -2.08. The quantitative estimate of drug-likeness (QED) is 0.0393. The third-order valence-corrected chi connectivity index (χ3v) is 7.68. The van der Waals surface area contributed by atoms with Gasteiger partial charge >= 0.3 is 11.9 Å². The molecule has 254 valence electrons. The van der Waals surface area contributed by atoms with Crippen LogP contribution in [-0.4, -0.2) is 31.8 Å². The lowest BCUT2D eigenvalue weighted by molar-refractivity contribution is -0.137. The molecule has 0 aromatic heterocycles. The second-order valence-corrected chi connectivity index (χ2v) is 11.7. The first-order valence-corrected chi connectivity index (χ1v) is 17.2. The Labute approximate surface area is 281 Å². The number of rotatable bonds is 25. The van der Waals surface area contributed by atoms with Crippen LogP contribution in [0.5, 0.6) is 17.2 Å². The highest BCUT2D eigenvalue weighted by molar-refractivity contribution is 5.91. The Balaban J connectivity index is 1.24. The smallest absolute Gasteiger partial charge is 0.343 e. The van der Waals surface area contributed by atoms with E-state index >= 15 is 0 Å². The van der Waals surface area contributed by atoms with Crippen LogP contribution in [0.1, 0.15) is 105 Å². The highest BCUT2D eigenvalue weighted by Gasteiger charge is 2.09. The molecule has 0 aliphatic carbocycles. The number of carbonyl (C=O) groups excluding carboxylic acids is 2. The summed E-state index contributed by atoms with van der Waals surface area (Å²) in [7, 11) is 0. The topological polar surface area (TPSA) is 80.3 Å². The van der Waals surface area contributed by atoms with Crippen molar-refractivity contribution in [2.75, 3.05) is 19.8 Å². The van der Waals surface area contributed by atoms with Crippen molar-refractivity contribution in [1.29, 1.82) is 0 Å². The van der Waals surface area contributed by atoms with Crippen LogP contribution in [-0.2, 0) is 27.5 Å². The average Bonchev–Trinajstić information content (AvgIpc) is 3.10. The second-order valence-electron chi connectivity index (χ2n) is 11.7. The SMILES string of the molecule is C=CC(=O)OCCCCCCCCCCOCc1ccc(C(=O)Oc2ccc(COc3ccc(OCCCCCC)cc3)cc2)cc1. The van der Waals surface area contributed by atoms with Gasteiger partial charge in [0.2, 0.25) is 0 Å². The Bertz CT molecular complexity index is 1280. The van der Waals surface area contributed by atoms with E-state index in [1.807, 2.05) is 48.5 Å². The first-order chi connectivity index (χ1) is 23.1. The molecule has 0 aliphatic rings. The van der Waals surface area contributed by atoms with Crippen LogP contribution < -0.4 is 14.2 Å². The normalized spacial score (nSPS) is 10.7. The predicted octanol–water partition coefficient (Wildman–Crippen LogP) is 9.81. The first kappa shape index (κ1) is 37.4. The molecular weight excluding hydrogens is 592 g/mol. The van der Waals surface area contributed by atoms with Gasteiger partial charge in [-0.2, -0.15) is 0 Å². The van der Waals surface area contributed by atoms with E-state index in [-0.39, 0.29) is 5.97 Å². The molecule has 7 nitrogen and oxygen atoms in total. The average molecular weight is 645 g/mol. The van der Waals surface area contributed by atoms with E-state index in [1.54, 1.807) is 24.3 Å². The van der Waals surface area contributed by atoms with E-state index < -0.39 is 5.97 Å². The van der Waals surface area contributed by atoms with Gasteiger partial charge in [-0.25, -0.2) is 9.59 Å². The lowest BCUT2D eigenvalue weighted by Gasteiger charge is -2.10. The van der Waals surface area contributed by atoms with Crippen molar-refractivity contribution in [2.24, 2.45) is 0 Å². The molecule has 0 saturated carbocycles. The summed E-state index contributed by atoms with van der Waals surface area (Å²) in [6, 6.07) is 22.4. The number of hydrogen-bond acceptors (Lipinski definition) is 7. The van der Waals surface area contributed by atoms with Crippen molar-refractivity contribution in [2.45, 2.75) is 97.2 Å². The van der Waals surface area contributed by atoms with Gasteiger partial charge in [0.1, 0.15) is 23.9 Å². The Kier molecular flexibility index (Phi) is 18.5. The van der Waals surface area contributed by atoms with Gasteiger partial charge in [-0.1, -0.05) is 95.6 Å². The van der Waals surface area contributed by atoms with Gasteiger partial charge in [-0.05, 0) is 78.9 Å². The Hall–Kier alpha value is -4.10. The Morgan fingerprint density at radius 1 is 0.574 bits per heavy atom. The van der Waals surface area contributed by atoms with Crippen LogP contribution in [0.25, 0.3) is 0 Å². The molecule has 0 atom stereocenters. The van der Waals surface area contributed by atoms with Crippen molar-refractivity contribution in [1.82, 2.24) is 0 Å². The molecule has 3 aromatic carbocycles. The summed E-state index contributed by atoms with van der Waals surface area (Å²) in [5, 5.41) is 0. The standard InChI is InChI=1S/C40H52O7/c1-3-5-6-14-29-44-36-24-26-37(27-25-36)46-32-34-18-22-38(23-19-34)47-40(42)35-20-16-33(17-21-35)31-43-28-13-11-9-7-8-10-12-15-30-45-39(41)4-2/h4,16-27H,2-3,5-15,28-32H2,1H3. The molecule has 3 rings (SSSR count).